The molecule has 2 aromatic carbocycles. The summed E-state index contributed by atoms with van der Waals surface area (Å²) in [5.41, 5.74) is -1.56. The Balaban J connectivity index is 1.41. The molecule has 1 aliphatic carbocycles. The molecule has 2 aromatic rings. The SMILES string of the molecule is Oc1c(F)cc(C(O)CN2C[C@H]3C[C@H](Oc4ccccc4F)[C@H](O)[C@@]3(O)C2)cc1F. The fourth-order valence-corrected chi connectivity index (χ4v) is 4.45. The van der Waals surface area contributed by atoms with Gasteiger partial charge in [-0.15, -0.1) is 0 Å². The number of phenols is 1. The predicted octanol–water partition coefficient (Wildman–Crippen LogP) is 1.72. The molecule has 162 valence electrons. The number of β-amino-alcohol motifs (C(OH)–C–C–N with tert-alkyl or cyclic N) is 2. The Bertz CT molecular complexity index is 922. The molecule has 0 bridgehead atoms. The smallest absolute Gasteiger partial charge is 0.187 e. The number of halogens is 3. The quantitative estimate of drug-likeness (QED) is 0.583. The number of phenolic OH excluding ortho intramolecular Hbond substituents is 1. The molecular weight excluding hydrogens is 403 g/mol. The molecule has 4 rings (SSSR count). The lowest BCUT2D eigenvalue weighted by Gasteiger charge is -2.29. The molecule has 1 saturated heterocycles. The summed E-state index contributed by atoms with van der Waals surface area (Å²) in [5, 5.41) is 41.1. The Morgan fingerprint density at radius 2 is 1.80 bits per heavy atom. The van der Waals surface area contributed by atoms with E-state index in [9.17, 15) is 33.6 Å². The Morgan fingerprint density at radius 1 is 1.13 bits per heavy atom. The van der Waals surface area contributed by atoms with E-state index in [-0.39, 0.29) is 36.7 Å². The molecule has 1 saturated carbocycles. The van der Waals surface area contributed by atoms with Crippen LogP contribution in [0.5, 0.6) is 11.5 Å². The number of aromatic hydroxyl groups is 1. The number of likely N-dealkylation sites (tertiary alicyclic amines) is 1. The first-order chi connectivity index (χ1) is 14.2. The first kappa shape index (κ1) is 20.9. The highest BCUT2D eigenvalue weighted by molar-refractivity contribution is 5.31. The molecule has 1 unspecified atom stereocenters. The lowest BCUT2D eigenvalue weighted by Crippen LogP contribution is -2.49. The van der Waals surface area contributed by atoms with Crippen LogP contribution in [0.1, 0.15) is 18.1 Å². The van der Waals surface area contributed by atoms with Crippen LogP contribution < -0.4 is 4.74 Å². The van der Waals surface area contributed by atoms with Crippen LogP contribution in [0.4, 0.5) is 13.2 Å². The number of hydrogen-bond acceptors (Lipinski definition) is 6. The minimum Gasteiger partial charge on any atom is -0.503 e. The maximum atomic E-state index is 13.8. The lowest BCUT2D eigenvalue weighted by atomic mass is 9.93. The summed E-state index contributed by atoms with van der Waals surface area (Å²) >= 11 is 0. The average Bonchev–Trinajstić information content (AvgIpc) is 3.12. The van der Waals surface area contributed by atoms with Crippen LogP contribution in [0, 0.1) is 23.4 Å². The first-order valence-electron chi connectivity index (χ1n) is 9.59. The van der Waals surface area contributed by atoms with Gasteiger partial charge in [0.2, 0.25) is 0 Å². The molecule has 1 heterocycles. The minimum atomic E-state index is -1.51. The number of aliphatic hydroxyl groups is 3. The van der Waals surface area contributed by atoms with Crippen molar-refractivity contribution >= 4 is 0 Å². The van der Waals surface area contributed by atoms with E-state index in [2.05, 4.69) is 0 Å². The molecule has 0 radical (unpaired) electrons. The van der Waals surface area contributed by atoms with Gasteiger partial charge in [0, 0.05) is 25.6 Å². The number of ether oxygens (including phenoxy) is 1. The first-order valence-corrected chi connectivity index (χ1v) is 9.59. The molecule has 9 heteroatoms. The summed E-state index contributed by atoms with van der Waals surface area (Å²) in [7, 11) is 0. The fourth-order valence-electron chi connectivity index (χ4n) is 4.45. The highest BCUT2D eigenvalue weighted by Crippen LogP contribution is 2.44. The van der Waals surface area contributed by atoms with Gasteiger partial charge in [-0.1, -0.05) is 12.1 Å². The van der Waals surface area contributed by atoms with Crippen molar-refractivity contribution in [3.63, 3.8) is 0 Å². The highest BCUT2D eigenvalue weighted by Gasteiger charge is 2.59. The van der Waals surface area contributed by atoms with Crippen molar-refractivity contribution in [2.24, 2.45) is 5.92 Å². The Kier molecular flexibility index (Phi) is 5.39. The van der Waals surface area contributed by atoms with E-state index in [1.165, 1.54) is 18.2 Å². The van der Waals surface area contributed by atoms with Crippen LogP contribution >= 0.6 is 0 Å². The lowest BCUT2D eigenvalue weighted by molar-refractivity contribution is -0.0879. The predicted molar refractivity (Wildman–Crippen MR) is 99.3 cm³/mol. The summed E-state index contributed by atoms with van der Waals surface area (Å²) < 4.78 is 46.5. The Labute approximate surface area is 170 Å². The molecule has 1 aliphatic heterocycles. The summed E-state index contributed by atoms with van der Waals surface area (Å²) in [6.07, 6.45) is -3.04. The number of hydrogen-bond donors (Lipinski definition) is 4. The van der Waals surface area contributed by atoms with Gasteiger partial charge in [-0.05, 0) is 36.2 Å². The molecule has 2 fully saturated rings. The van der Waals surface area contributed by atoms with Crippen LogP contribution in [-0.4, -0.2) is 62.8 Å². The molecule has 6 nitrogen and oxygen atoms in total. The van der Waals surface area contributed by atoms with Gasteiger partial charge in [-0.3, -0.25) is 4.90 Å². The van der Waals surface area contributed by atoms with E-state index in [4.69, 9.17) is 4.74 Å². The fraction of sp³-hybridized carbons (Fsp3) is 0.429. The molecule has 0 spiro atoms. The van der Waals surface area contributed by atoms with Crippen LogP contribution in [-0.2, 0) is 0 Å². The maximum absolute atomic E-state index is 13.8. The summed E-state index contributed by atoms with van der Waals surface area (Å²) in [4.78, 5) is 1.68. The van der Waals surface area contributed by atoms with E-state index in [0.29, 0.717) is 6.54 Å². The van der Waals surface area contributed by atoms with Gasteiger partial charge in [-0.2, -0.15) is 0 Å². The van der Waals surface area contributed by atoms with Crippen molar-refractivity contribution in [3.05, 3.63) is 59.4 Å². The van der Waals surface area contributed by atoms with E-state index < -0.39 is 47.1 Å². The van der Waals surface area contributed by atoms with Crippen molar-refractivity contribution in [2.75, 3.05) is 19.6 Å². The van der Waals surface area contributed by atoms with Crippen molar-refractivity contribution < 1.29 is 38.3 Å². The van der Waals surface area contributed by atoms with E-state index in [0.717, 1.165) is 12.1 Å². The van der Waals surface area contributed by atoms with Crippen LogP contribution in [0.25, 0.3) is 0 Å². The zero-order chi connectivity index (χ0) is 21.6. The standard InChI is InChI=1S/C21H22F3NO5/c22-13-3-1-2-4-17(13)30-18-7-12-8-25(10-21(12,29)20(18)28)9-16(26)11-5-14(23)19(27)15(24)6-11/h1-6,12,16,18,20,26-29H,7-10H2/t12-,16?,18+,20+,21-/m1/s1. The van der Waals surface area contributed by atoms with Gasteiger partial charge in [-0.25, -0.2) is 13.2 Å². The second-order valence-corrected chi connectivity index (χ2v) is 8.00. The van der Waals surface area contributed by atoms with Crippen LogP contribution in [0.3, 0.4) is 0 Å². The topological polar surface area (TPSA) is 93.4 Å². The monoisotopic (exact) mass is 425 g/mol. The van der Waals surface area contributed by atoms with Crippen molar-refractivity contribution in [2.45, 2.75) is 30.3 Å². The van der Waals surface area contributed by atoms with Gasteiger partial charge >= 0.3 is 0 Å². The number of benzene rings is 2. The summed E-state index contributed by atoms with van der Waals surface area (Å²) in [5.74, 6) is -4.42. The van der Waals surface area contributed by atoms with E-state index in [1.807, 2.05) is 0 Å². The number of aliphatic hydroxyl groups excluding tert-OH is 2. The molecule has 30 heavy (non-hydrogen) atoms. The number of rotatable bonds is 5. The third-order valence-electron chi connectivity index (χ3n) is 6.01. The molecule has 0 aromatic heterocycles. The normalized spacial score (nSPS) is 29.7. The second-order valence-electron chi connectivity index (χ2n) is 8.00. The van der Waals surface area contributed by atoms with Crippen molar-refractivity contribution in [1.29, 1.82) is 0 Å². The summed E-state index contributed by atoms with van der Waals surface area (Å²) in [6, 6.07) is 7.50. The van der Waals surface area contributed by atoms with Crippen molar-refractivity contribution in [3.8, 4) is 11.5 Å². The zero-order valence-electron chi connectivity index (χ0n) is 15.9. The number of para-hydroxylation sites is 1. The maximum Gasteiger partial charge on any atom is 0.187 e. The van der Waals surface area contributed by atoms with Crippen LogP contribution in [0.2, 0.25) is 0 Å². The minimum absolute atomic E-state index is 0.00575. The van der Waals surface area contributed by atoms with Gasteiger partial charge < -0.3 is 25.2 Å². The molecular formula is C21H22F3NO5. The van der Waals surface area contributed by atoms with Gasteiger partial charge in [0.25, 0.3) is 0 Å². The molecule has 2 aliphatic rings. The molecule has 5 atom stereocenters. The largest absolute Gasteiger partial charge is 0.503 e. The third kappa shape index (κ3) is 3.62. The number of fused-ring (bicyclic) bond motifs is 1. The summed E-state index contributed by atoms with van der Waals surface area (Å²) in [6.45, 7) is 0.287. The van der Waals surface area contributed by atoms with Gasteiger partial charge in [0.1, 0.15) is 17.8 Å². The van der Waals surface area contributed by atoms with Gasteiger partial charge in [0.15, 0.2) is 29.0 Å². The van der Waals surface area contributed by atoms with Gasteiger partial charge in [0.05, 0.1) is 6.10 Å². The zero-order valence-corrected chi connectivity index (χ0v) is 15.9. The Hall–Kier alpha value is -2.33. The Morgan fingerprint density at radius 3 is 2.43 bits per heavy atom. The van der Waals surface area contributed by atoms with E-state index in [1.54, 1.807) is 11.0 Å². The average molecular weight is 425 g/mol. The van der Waals surface area contributed by atoms with Crippen LogP contribution in [0.15, 0.2) is 36.4 Å². The van der Waals surface area contributed by atoms with E-state index >= 15 is 0 Å². The molecule has 0 amide bonds. The third-order valence-corrected chi connectivity index (χ3v) is 6.01. The molecule has 4 N–H and O–H groups in total. The number of nitrogens with zero attached hydrogens (tertiary/aromatic N) is 1. The highest BCUT2D eigenvalue weighted by atomic mass is 19.1. The van der Waals surface area contributed by atoms with Crippen molar-refractivity contribution in [1.82, 2.24) is 4.90 Å². The second kappa shape index (κ2) is 7.73.